The number of ether oxygens (including phenoxy) is 1. The highest BCUT2D eigenvalue weighted by Crippen LogP contribution is 2.34. The monoisotopic (exact) mass is 562 g/mol. The number of fused-ring (bicyclic) bond motifs is 1. The van der Waals surface area contributed by atoms with Gasteiger partial charge in [0.2, 0.25) is 0 Å². The summed E-state index contributed by atoms with van der Waals surface area (Å²) in [6, 6.07) is 18.1. The Morgan fingerprint density at radius 2 is 2.00 bits per heavy atom. The molecule has 212 valence electrons. The third-order valence-corrected chi connectivity index (χ3v) is 8.02. The SMILES string of the molecule is Cc1cc(C#N)nn1-c1nc(-n2cnc3cc(Nc4ccc(C5CCCN5C5COC5)nn4)ccc32)ccc1C(C)O. The molecule has 0 amide bonds. The number of pyridine rings is 1. The highest BCUT2D eigenvalue weighted by molar-refractivity contribution is 5.82. The fourth-order valence-corrected chi connectivity index (χ4v) is 5.79. The van der Waals surface area contributed by atoms with Crippen LogP contribution in [0.4, 0.5) is 11.5 Å². The molecule has 2 fully saturated rings. The molecule has 7 rings (SSSR count). The minimum Gasteiger partial charge on any atom is -0.389 e. The van der Waals surface area contributed by atoms with Crippen LogP contribution in [0.25, 0.3) is 22.7 Å². The zero-order valence-corrected chi connectivity index (χ0v) is 23.3. The van der Waals surface area contributed by atoms with E-state index in [4.69, 9.17) is 9.72 Å². The summed E-state index contributed by atoms with van der Waals surface area (Å²) in [6.07, 6.45) is 3.21. The van der Waals surface area contributed by atoms with Crippen molar-refractivity contribution in [3.8, 4) is 17.7 Å². The fraction of sp³-hybridized carbons (Fsp3) is 0.333. The molecule has 1 aromatic carbocycles. The van der Waals surface area contributed by atoms with Gasteiger partial charge in [0.15, 0.2) is 17.3 Å². The molecule has 2 aliphatic heterocycles. The number of imidazole rings is 1. The van der Waals surface area contributed by atoms with Gasteiger partial charge in [0.05, 0.1) is 48.1 Å². The highest BCUT2D eigenvalue weighted by Gasteiger charge is 2.36. The Bertz CT molecular complexity index is 1800. The van der Waals surface area contributed by atoms with E-state index >= 15 is 0 Å². The lowest BCUT2D eigenvalue weighted by Crippen LogP contribution is -2.48. The van der Waals surface area contributed by atoms with Crippen LogP contribution in [0.1, 0.15) is 54.6 Å². The van der Waals surface area contributed by atoms with Gasteiger partial charge < -0.3 is 15.2 Å². The van der Waals surface area contributed by atoms with Crippen molar-refractivity contribution < 1.29 is 9.84 Å². The van der Waals surface area contributed by atoms with Gasteiger partial charge >= 0.3 is 0 Å². The third kappa shape index (κ3) is 4.67. The summed E-state index contributed by atoms with van der Waals surface area (Å²) >= 11 is 0. The summed E-state index contributed by atoms with van der Waals surface area (Å²) in [6.45, 7) is 6.22. The van der Waals surface area contributed by atoms with Crippen LogP contribution in [-0.2, 0) is 4.74 Å². The second-order valence-corrected chi connectivity index (χ2v) is 10.8. The van der Waals surface area contributed by atoms with Gasteiger partial charge in [0, 0.05) is 16.9 Å². The summed E-state index contributed by atoms with van der Waals surface area (Å²) < 4.78 is 8.87. The number of nitriles is 1. The van der Waals surface area contributed by atoms with Crippen molar-refractivity contribution >= 4 is 22.5 Å². The van der Waals surface area contributed by atoms with Crippen molar-refractivity contribution in [1.29, 1.82) is 5.26 Å². The van der Waals surface area contributed by atoms with E-state index in [-0.39, 0.29) is 5.69 Å². The summed E-state index contributed by atoms with van der Waals surface area (Å²) in [5.74, 6) is 1.74. The molecule has 0 saturated carbocycles. The molecule has 2 aliphatic rings. The molecule has 0 radical (unpaired) electrons. The number of aryl methyl sites for hydroxylation is 1. The van der Waals surface area contributed by atoms with Gasteiger partial charge in [-0.2, -0.15) is 15.5 Å². The minimum absolute atomic E-state index is 0.285. The van der Waals surface area contributed by atoms with Crippen molar-refractivity contribution in [3.63, 3.8) is 0 Å². The summed E-state index contributed by atoms with van der Waals surface area (Å²) in [4.78, 5) is 11.9. The molecule has 0 bridgehead atoms. The van der Waals surface area contributed by atoms with E-state index in [2.05, 4.69) is 42.6 Å². The lowest BCUT2D eigenvalue weighted by atomic mass is 10.1. The molecule has 2 saturated heterocycles. The Morgan fingerprint density at radius 1 is 1.12 bits per heavy atom. The maximum absolute atomic E-state index is 10.4. The second kappa shape index (κ2) is 10.6. The van der Waals surface area contributed by atoms with Crippen LogP contribution in [0.3, 0.4) is 0 Å². The quantitative estimate of drug-likeness (QED) is 0.300. The van der Waals surface area contributed by atoms with Crippen molar-refractivity contribution in [1.82, 2.24) is 39.4 Å². The van der Waals surface area contributed by atoms with Gasteiger partial charge in [0.25, 0.3) is 0 Å². The number of anilines is 2. The smallest absolute Gasteiger partial charge is 0.163 e. The van der Waals surface area contributed by atoms with E-state index in [0.717, 1.165) is 54.3 Å². The van der Waals surface area contributed by atoms with E-state index < -0.39 is 6.10 Å². The molecule has 0 aliphatic carbocycles. The summed E-state index contributed by atoms with van der Waals surface area (Å²) in [5.41, 5.74) is 5.12. The Kier molecular flexibility index (Phi) is 6.62. The molecule has 0 spiro atoms. The van der Waals surface area contributed by atoms with Crippen LogP contribution < -0.4 is 5.32 Å². The average molecular weight is 563 g/mol. The van der Waals surface area contributed by atoms with Crippen LogP contribution in [0.15, 0.2) is 54.9 Å². The Morgan fingerprint density at radius 3 is 2.71 bits per heavy atom. The van der Waals surface area contributed by atoms with Crippen molar-refractivity contribution in [2.45, 2.75) is 44.9 Å². The maximum Gasteiger partial charge on any atom is 0.163 e. The number of rotatable bonds is 7. The Hall–Kier alpha value is -4.70. The van der Waals surface area contributed by atoms with Crippen LogP contribution in [0.5, 0.6) is 0 Å². The standard InChI is InChI=1S/C30H30N10O2/c1-18-12-21(14-31)37-40(18)30-23(19(2)41)6-10-29(34-30)39-17-32-25-13-20(5-8-27(25)39)33-28-9-7-24(35-36-28)26-4-3-11-38(26)22-15-42-16-22/h5-10,12-13,17,19,22,26,41H,3-4,11,15-16H2,1-2H3,(H,33,36). The second-order valence-electron chi connectivity index (χ2n) is 10.8. The number of aliphatic hydroxyl groups is 1. The van der Waals surface area contributed by atoms with Gasteiger partial charge in [-0.1, -0.05) is 0 Å². The molecule has 4 aromatic heterocycles. The molecular weight excluding hydrogens is 532 g/mol. The van der Waals surface area contributed by atoms with Gasteiger partial charge in [-0.15, -0.1) is 5.10 Å². The molecule has 2 N–H and O–H groups in total. The minimum atomic E-state index is -0.768. The molecule has 2 atom stereocenters. The van der Waals surface area contributed by atoms with Crippen molar-refractivity contribution in [3.05, 3.63) is 77.5 Å². The molecular formula is C30H30N10O2. The average Bonchev–Trinajstić information content (AvgIpc) is 3.70. The first kappa shape index (κ1) is 26.2. The van der Waals surface area contributed by atoms with Gasteiger partial charge in [-0.25, -0.2) is 14.6 Å². The lowest BCUT2D eigenvalue weighted by molar-refractivity contribution is -0.0702. The number of benzene rings is 1. The number of aliphatic hydroxyl groups excluding tert-OH is 1. The van der Waals surface area contributed by atoms with E-state index in [9.17, 15) is 10.4 Å². The number of nitrogens with zero attached hydrogens (tertiary/aromatic N) is 9. The predicted octanol–water partition coefficient (Wildman–Crippen LogP) is 3.91. The van der Waals surface area contributed by atoms with E-state index in [1.807, 2.05) is 47.9 Å². The van der Waals surface area contributed by atoms with E-state index in [1.165, 1.54) is 6.42 Å². The molecule has 42 heavy (non-hydrogen) atoms. The number of nitrogens with one attached hydrogen (secondary N) is 1. The number of hydrogen-bond acceptors (Lipinski definition) is 10. The summed E-state index contributed by atoms with van der Waals surface area (Å²) in [5, 5.41) is 36.4. The Labute approximate surface area is 242 Å². The first-order valence-corrected chi connectivity index (χ1v) is 14.1. The van der Waals surface area contributed by atoms with Crippen molar-refractivity contribution in [2.24, 2.45) is 0 Å². The normalized spacial score (nSPS) is 18.2. The number of aromatic nitrogens is 7. The third-order valence-electron chi connectivity index (χ3n) is 8.02. The number of hydrogen-bond donors (Lipinski definition) is 2. The topological polar surface area (TPSA) is 143 Å². The van der Waals surface area contributed by atoms with Crippen molar-refractivity contribution in [2.75, 3.05) is 25.1 Å². The first-order valence-electron chi connectivity index (χ1n) is 14.1. The van der Waals surface area contributed by atoms with Crippen LogP contribution in [0, 0.1) is 18.3 Å². The van der Waals surface area contributed by atoms with Crippen LogP contribution in [0.2, 0.25) is 0 Å². The zero-order valence-electron chi connectivity index (χ0n) is 23.3. The maximum atomic E-state index is 10.4. The predicted molar refractivity (Wildman–Crippen MR) is 155 cm³/mol. The molecule has 12 nitrogen and oxygen atoms in total. The molecule has 12 heteroatoms. The highest BCUT2D eigenvalue weighted by atomic mass is 16.5. The fourth-order valence-electron chi connectivity index (χ4n) is 5.79. The van der Waals surface area contributed by atoms with Gasteiger partial charge in [-0.3, -0.25) is 9.47 Å². The van der Waals surface area contributed by atoms with E-state index in [0.29, 0.717) is 35.1 Å². The lowest BCUT2D eigenvalue weighted by Gasteiger charge is -2.37. The van der Waals surface area contributed by atoms with E-state index in [1.54, 1.807) is 24.0 Å². The zero-order chi connectivity index (χ0) is 28.8. The Balaban J connectivity index is 1.14. The van der Waals surface area contributed by atoms with Gasteiger partial charge in [0.1, 0.15) is 18.2 Å². The number of likely N-dealkylation sites (tertiary alicyclic amines) is 1. The van der Waals surface area contributed by atoms with Gasteiger partial charge in [-0.05, 0) is 81.8 Å². The molecule has 2 unspecified atom stereocenters. The van der Waals surface area contributed by atoms with Crippen LogP contribution >= 0.6 is 0 Å². The first-order chi connectivity index (χ1) is 20.5. The van der Waals surface area contributed by atoms with Crippen LogP contribution in [-0.4, -0.2) is 70.3 Å². The molecule has 5 aromatic rings. The molecule has 6 heterocycles. The largest absolute Gasteiger partial charge is 0.389 e. The summed E-state index contributed by atoms with van der Waals surface area (Å²) in [7, 11) is 0.